The van der Waals surface area contributed by atoms with Crippen LogP contribution in [0.1, 0.15) is 33.3 Å². The lowest BCUT2D eigenvalue weighted by Crippen LogP contribution is -2.59. The molecule has 1 fully saturated rings. The van der Waals surface area contributed by atoms with Crippen LogP contribution in [-0.2, 0) is 6.54 Å². The Morgan fingerprint density at radius 3 is 2.52 bits per heavy atom. The van der Waals surface area contributed by atoms with Crippen molar-refractivity contribution in [2.75, 3.05) is 13.1 Å². The van der Waals surface area contributed by atoms with E-state index >= 15 is 0 Å². The molecule has 0 spiro atoms. The van der Waals surface area contributed by atoms with Crippen LogP contribution in [0.5, 0.6) is 0 Å². The molecule has 118 valence electrons. The second kappa shape index (κ2) is 7.21. The molecule has 0 aliphatic carbocycles. The van der Waals surface area contributed by atoms with Crippen molar-refractivity contribution >= 4 is 15.9 Å². The van der Waals surface area contributed by atoms with Gasteiger partial charge >= 0.3 is 0 Å². The minimum absolute atomic E-state index is 0.170. The molecule has 2 atom stereocenters. The number of nitrogens with zero attached hydrogens (tertiary/aromatic N) is 1. The second-order valence-corrected chi connectivity index (χ2v) is 7.69. The molecule has 1 aromatic carbocycles. The monoisotopic (exact) mass is 356 g/mol. The SMILES string of the molecule is CC(C)C1CN(Cc2cc(F)cc(Br)c2)C(C(C)C)CN1. The standard InChI is InChI=1S/C17H26BrFN2/c1-11(2)16-10-21(17(8-20-16)12(3)4)9-13-5-14(18)7-15(19)6-13/h5-7,11-12,16-17,20H,8-10H2,1-4H3. The fourth-order valence-corrected chi connectivity index (χ4v) is 3.59. The Morgan fingerprint density at radius 2 is 1.95 bits per heavy atom. The molecule has 1 aromatic rings. The summed E-state index contributed by atoms with van der Waals surface area (Å²) in [6.07, 6.45) is 0. The number of hydrogen-bond acceptors (Lipinski definition) is 2. The van der Waals surface area contributed by atoms with Crippen molar-refractivity contribution in [2.45, 2.75) is 46.3 Å². The van der Waals surface area contributed by atoms with Crippen LogP contribution in [0.2, 0.25) is 0 Å². The zero-order valence-corrected chi connectivity index (χ0v) is 15.0. The van der Waals surface area contributed by atoms with Crippen LogP contribution < -0.4 is 5.32 Å². The summed E-state index contributed by atoms with van der Waals surface area (Å²) < 4.78 is 14.4. The van der Waals surface area contributed by atoms with Crippen LogP contribution in [-0.4, -0.2) is 30.1 Å². The van der Waals surface area contributed by atoms with Gasteiger partial charge in [-0.1, -0.05) is 43.6 Å². The molecular formula is C17H26BrFN2. The minimum atomic E-state index is -0.170. The lowest BCUT2D eigenvalue weighted by atomic mass is 9.94. The molecule has 0 radical (unpaired) electrons. The molecule has 21 heavy (non-hydrogen) atoms. The second-order valence-electron chi connectivity index (χ2n) is 6.78. The highest BCUT2D eigenvalue weighted by Crippen LogP contribution is 2.22. The number of hydrogen-bond donors (Lipinski definition) is 1. The van der Waals surface area contributed by atoms with Gasteiger partial charge in [0.15, 0.2) is 0 Å². The molecule has 1 N–H and O–H groups in total. The highest BCUT2D eigenvalue weighted by atomic mass is 79.9. The predicted octanol–water partition coefficient (Wildman–Crippen LogP) is 4.04. The topological polar surface area (TPSA) is 15.3 Å². The third-order valence-corrected chi connectivity index (χ3v) is 4.83. The minimum Gasteiger partial charge on any atom is -0.311 e. The fraction of sp³-hybridized carbons (Fsp3) is 0.647. The molecule has 0 bridgehead atoms. The molecule has 2 unspecified atom stereocenters. The predicted molar refractivity (Wildman–Crippen MR) is 89.8 cm³/mol. The maximum atomic E-state index is 13.6. The van der Waals surface area contributed by atoms with Gasteiger partial charge in [-0.15, -0.1) is 0 Å². The van der Waals surface area contributed by atoms with Crippen molar-refractivity contribution in [2.24, 2.45) is 11.8 Å². The van der Waals surface area contributed by atoms with Crippen LogP contribution in [0.25, 0.3) is 0 Å². The van der Waals surface area contributed by atoms with Crippen LogP contribution >= 0.6 is 15.9 Å². The van der Waals surface area contributed by atoms with Gasteiger partial charge in [-0.3, -0.25) is 4.90 Å². The van der Waals surface area contributed by atoms with E-state index in [4.69, 9.17) is 0 Å². The van der Waals surface area contributed by atoms with Gasteiger partial charge < -0.3 is 5.32 Å². The lowest BCUT2D eigenvalue weighted by molar-refractivity contribution is 0.0783. The van der Waals surface area contributed by atoms with Gasteiger partial charge in [0.1, 0.15) is 5.82 Å². The summed E-state index contributed by atoms with van der Waals surface area (Å²) in [6, 6.07) is 6.19. The van der Waals surface area contributed by atoms with Crippen LogP contribution in [0.15, 0.2) is 22.7 Å². The molecule has 0 amide bonds. The summed E-state index contributed by atoms with van der Waals surface area (Å²) in [5, 5.41) is 3.66. The van der Waals surface area contributed by atoms with E-state index in [0.717, 1.165) is 29.7 Å². The van der Waals surface area contributed by atoms with Gasteiger partial charge in [0.25, 0.3) is 0 Å². The lowest BCUT2D eigenvalue weighted by Gasteiger charge is -2.43. The number of halogens is 2. The summed E-state index contributed by atoms with van der Waals surface area (Å²) in [5.41, 5.74) is 1.04. The number of piperazine rings is 1. The van der Waals surface area contributed by atoms with E-state index in [0.29, 0.717) is 23.9 Å². The van der Waals surface area contributed by atoms with E-state index in [2.05, 4.69) is 53.8 Å². The van der Waals surface area contributed by atoms with Gasteiger partial charge in [0, 0.05) is 36.2 Å². The number of benzene rings is 1. The van der Waals surface area contributed by atoms with Gasteiger partial charge in [0.05, 0.1) is 0 Å². The molecule has 0 saturated carbocycles. The Balaban J connectivity index is 2.15. The number of nitrogens with one attached hydrogen (secondary N) is 1. The van der Waals surface area contributed by atoms with Gasteiger partial charge in [-0.05, 0) is 35.6 Å². The largest absolute Gasteiger partial charge is 0.311 e. The van der Waals surface area contributed by atoms with Gasteiger partial charge in [-0.25, -0.2) is 4.39 Å². The van der Waals surface area contributed by atoms with Gasteiger partial charge in [-0.2, -0.15) is 0 Å². The van der Waals surface area contributed by atoms with E-state index in [1.54, 1.807) is 6.07 Å². The quantitative estimate of drug-likeness (QED) is 0.875. The zero-order chi connectivity index (χ0) is 15.6. The molecule has 1 aliphatic heterocycles. The first-order chi connectivity index (χ1) is 9.86. The molecule has 1 aliphatic rings. The van der Waals surface area contributed by atoms with Crippen molar-refractivity contribution in [3.05, 3.63) is 34.1 Å². The molecule has 0 aromatic heterocycles. The third kappa shape index (κ3) is 4.51. The summed E-state index contributed by atoms with van der Waals surface area (Å²) in [4.78, 5) is 2.51. The van der Waals surface area contributed by atoms with Crippen LogP contribution in [0, 0.1) is 17.7 Å². The Bertz CT molecular complexity index is 456. The number of rotatable bonds is 4. The van der Waals surface area contributed by atoms with Crippen LogP contribution in [0.3, 0.4) is 0 Å². The first-order valence-electron chi connectivity index (χ1n) is 7.79. The Labute approximate surface area is 136 Å². The molecule has 1 heterocycles. The normalized spacial score (nSPS) is 24.0. The van der Waals surface area contributed by atoms with Crippen molar-refractivity contribution in [3.8, 4) is 0 Å². The van der Waals surface area contributed by atoms with E-state index in [1.165, 1.54) is 6.07 Å². The smallest absolute Gasteiger partial charge is 0.124 e. The molecule has 2 rings (SSSR count). The van der Waals surface area contributed by atoms with E-state index in [9.17, 15) is 4.39 Å². The maximum absolute atomic E-state index is 13.6. The van der Waals surface area contributed by atoms with Crippen molar-refractivity contribution < 1.29 is 4.39 Å². The maximum Gasteiger partial charge on any atom is 0.124 e. The van der Waals surface area contributed by atoms with Crippen molar-refractivity contribution in [1.29, 1.82) is 0 Å². The van der Waals surface area contributed by atoms with E-state index in [1.807, 2.05) is 6.07 Å². The first kappa shape index (κ1) is 16.9. The molecule has 1 saturated heterocycles. The molecular weight excluding hydrogens is 331 g/mol. The van der Waals surface area contributed by atoms with E-state index < -0.39 is 0 Å². The van der Waals surface area contributed by atoms with E-state index in [-0.39, 0.29) is 5.82 Å². The molecule has 2 nitrogen and oxygen atoms in total. The summed E-state index contributed by atoms with van der Waals surface area (Å²) in [5.74, 6) is 1.03. The summed E-state index contributed by atoms with van der Waals surface area (Å²) >= 11 is 3.39. The van der Waals surface area contributed by atoms with Gasteiger partial charge in [0.2, 0.25) is 0 Å². The van der Waals surface area contributed by atoms with Crippen molar-refractivity contribution in [3.63, 3.8) is 0 Å². The molecule has 4 heteroatoms. The summed E-state index contributed by atoms with van der Waals surface area (Å²) in [6.45, 7) is 11.9. The van der Waals surface area contributed by atoms with Crippen molar-refractivity contribution in [1.82, 2.24) is 10.2 Å². The highest BCUT2D eigenvalue weighted by molar-refractivity contribution is 9.10. The Morgan fingerprint density at radius 1 is 1.24 bits per heavy atom. The Hall–Kier alpha value is -0.450. The van der Waals surface area contributed by atoms with Crippen LogP contribution in [0.4, 0.5) is 4.39 Å². The fourth-order valence-electron chi connectivity index (χ4n) is 3.08. The zero-order valence-electron chi connectivity index (χ0n) is 13.4. The Kier molecular flexibility index (Phi) is 5.81. The average Bonchev–Trinajstić information content (AvgIpc) is 2.36. The third-order valence-electron chi connectivity index (χ3n) is 4.37. The first-order valence-corrected chi connectivity index (χ1v) is 8.58. The highest BCUT2D eigenvalue weighted by Gasteiger charge is 2.31. The summed E-state index contributed by atoms with van der Waals surface area (Å²) in [7, 11) is 0. The average molecular weight is 357 g/mol.